The van der Waals surface area contributed by atoms with Crippen LogP contribution in [0.5, 0.6) is 0 Å². The van der Waals surface area contributed by atoms with Crippen LogP contribution in [0.3, 0.4) is 0 Å². The van der Waals surface area contributed by atoms with Crippen LogP contribution in [-0.4, -0.2) is 44.1 Å². The predicted molar refractivity (Wildman–Crippen MR) is 105 cm³/mol. The van der Waals surface area contributed by atoms with Crippen molar-refractivity contribution in [1.82, 2.24) is 29.9 Å². The van der Waals surface area contributed by atoms with Gasteiger partial charge in [0.2, 0.25) is 5.95 Å². The van der Waals surface area contributed by atoms with Gasteiger partial charge in [-0.3, -0.25) is 0 Å². The fraction of sp³-hybridized carbons (Fsp3) is 0.211. The molecule has 9 heteroatoms. The Kier molecular flexibility index (Phi) is 4.64. The molecular weight excluding hydrogens is 364 g/mol. The molecule has 4 rings (SSSR count). The lowest BCUT2D eigenvalue weighted by Gasteiger charge is -2.08. The van der Waals surface area contributed by atoms with Crippen LogP contribution in [0.1, 0.15) is 12.5 Å². The van der Waals surface area contributed by atoms with Gasteiger partial charge in [-0.1, -0.05) is 6.58 Å². The molecule has 0 spiro atoms. The van der Waals surface area contributed by atoms with Gasteiger partial charge in [-0.2, -0.15) is 10.1 Å². The summed E-state index contributed by atoms with van der Waals surface area (Å²) in [4.78, 5) is 12.0. The molecule has 144 valence electrons. The van der Waals surface area contributed by atoms with E-state index in [-0.39, 0.29) is 0 Å². The number of H-pyrrole nitrogens is 1. The molecule has 3 N–H and O–H groups in total. The predicted octanol–water partition coefficient (Wildman–Crippen LogP) is 3.53. The number of anilines is 1. The second-order valence-electron chi connectivity index (χ2n) is 6.24. The second-order valence-corrected chi connectivity index (χ2v) is 6.24. The summed E-state index contributed by atoms with van der Waals surface area (Å²) < 4.78 is 26.6. The molecule has 0 aliphatic heterocycles. The highest BCUT2D eigenvalue weighted by Crippen LogP contribution is 2.30. The van der Waals surface area contributed by atoms with Gasteiger partial charge >= 0.3 is 0 Å². The first kappa shape index (κ1) is 17.9. The number of nitrogens with zero attached hydrogens (tertiary/aromatic N) is 4. The van der Waals surface area contributed by atoms with Crippen molar-refractivity contribution in [2.75, 3.05) is 18.4 Å². The molecule has 0 atom stereocenters. The lowest BCUT2D eigenvalue weighted by molar-refractivity contribution is 0.151. The number of aromatic nitrogens is 5. The fourth-order valence-electron chi connectivity index (χ4n) is 3.07. The van der Waals surface area contributed by atoms with Crippen LogP contribution in [0.2, 0.25) is 0 Å². The smallest absolute Gasteiger partial charge is 0.255 e. The Morgan fingerprint density at radius 2 is 2.21 bits per heavy atom. The number of fused-ring (bicyclic) bond motifs is 2. The van der Waals surface area contributed by atoms with Crippen molar-refractivity contribution in [2.45, 2.75) is 13.3 Å². The molecule has 0 unspecified atom stereocenters. The van der Waals surface area contributed by atoms with Crippen LogP contribution in [0.25, 0.3) is 33.4 Å². The summed E-state index contributed by atoms with van der Waals surface area (Å²) in [6.07, 6.45) is 4.63. The van der Waals surface area contributed by atoms with E-state index in [9.17, 15) is 8.78 Å². The summed E-state index contributed by atoms with van der Waals surface area (Å²) in [6.45, 7) is 6.12. The van der Waals surface area contributed by atoms with E-state index in [0.29, 0.717) is 17.2 Å². The Morgan fingerprint density at radius 3 is 3.00 bits per heavy atom. The molecule has 4 heterocycles. The Balaban J connectivity index is 1.72. The maximum absolute atomic E-state index is 12.5. The zero-order valence-corrected chi connectivity index (χ0v) is 15.2. The third-order valence-corrected chi connectivity index (χ3v) is 4.39. The van der Waals surface area contributed by atoms with E-state index in [0.717, 1.165) is 34.2 Å². The molecular formula is C19H19F2N7. The Labute approximate surface area is 159 Å². The van der Waals surface area contributed by atoms with Crippen molar-refractivity contribution >= 4 is 28.2 Å². The zero-order valence-electron chi connectivity index (χ0n) is 15.2. The summed E-state index contributed by atoms with van der Waals surface area (Å²) in [6, 6.07) is 3.87. The Bertz CT molecular complexity index is 1150. The van der Waals surface area contributed by atoms with E-state index in [1.54, 1.807) is 16.9 Å². The molecule has 0 aromatic carbocycles. The minimum absolute atomic E-state index is 0.407. The van der Waals surface area contributed by atoms with Gasteiger partial charge in [0, 0.05) is 47.3 Å². The molecule has 7 nitrogen and oxygen atoms in total. The normalized spacial score (nSPS) is 11.4. The van der Waals surface area contributed by atoms with E-state index in [1.165, 1.54) is 0 Å². The Hall–Kier alpha value is -3.49. The second kappa shape index (κ2) is 7.26. The minimum atomic E-state index is -2.45. The molecule has 0 fully saturated rings. The van der Waals surface area contributed by atoms with Crippen molar-refractivity contribution < 1.29 is 8.78 Å². The topological polar surface area (TPSA) is 82.9 Å². The summed E-state index contributed by atoms with van der Waals surface area (Å²) >= 11 is 0. The summed E-state index contributed by atoms with van der Waals surface area (Å²) in [5.74, 6) is 0.568. The van der Waals surface area contributed by atoms with Gasteiger partial charge in [0.25, 0.3) is 6.43 Å². The largest absolute Gasteiger partial charge is 0.379 e. The van der Waals surface area contributed by atoms with Crippen molar-refractivity contribution in [3.63, 3.8) is 0 Å². The maximum atomic E-state index is 12.5. The summed E-state index contributed by atoms with van der Waals surface area (Å²) in [5.41, 5.74) is 4.46. The van der Waals surface area contributed by atoms with Crippen molar-refractivity contribution in [3.05, 3.63) is 49.1 Å². The number of rotatable bonds is 7. The lowest BCUT2D eigenvalue weighted by Crippen LogP contribution is -2.19. The van der Waals surface area contributed by atoms with E-state index in [2.05, 4.69) is 37.3 Å². The molecule has 28 heavy (non-hydrogen) atoms. The molecule has 0 aliphatic carbocycles. The molecule has 0 saturated carbocycles. The van der Waals surface area contributed by atoms with Crippen LogP contribution in [0.15, 0.2) is 43.5 Å². The number of hydrogen-bond donors (Lipinski definition) is 3. The van der Waals surface area contributed by atoms with E-state index < -0.39 is 13.0 Å². The van der Waals surface area contributed by atoms with Crippen LogP contribution in [-0.2, 0) is 0 Å². The van der Waals surface area contributed by atoms with Gasteiger partial charge in [-0.05, 0) is 24.6 Å². The number of alkyl halides is 2. The minimum Gasteiger partial charge on any atom is -0.379 e. The van der Waals surface area contributed by atoms with Gasteiger partial charge in [-0.25, -0.2) is 18.3 Å². The Morgan fingerprint density at radius 1 is 1.36 bits per heavy atom. The van der Waals surface area contributed by atoms with E-state index in [4.69, 9.17) is 0 Å². The average Bonchev–Trinajstić information content (AvgIpc) is 3.29. The monoisotopic (exact) mass is 383 g/mol. The zero-order chi connectivity index (χ0) is 19.7. The van der Waals surface area contributed by atoms with Gasteiger partial charge in [0.05, 0.1) is 18.3 Å². The van der Waals surface area contributed by atoms with Crippen LogP contribution in [0.4, 0.5) is 14.7 Å². The van der Waals surface area contributed by atoms with E-state index >= 15 is 0 Å². The number of pyridine rings is 1. The van der Waals surface area contributed by atoms with Gasteiger partial charge in [0.1, 0.15) is 5.65 Å². The van der Waals surface area contributed by atoms with Crippen LogP contribution >= 0.6 is 0 Å². The van der Waals surface area contributed by atoms with Gasteiger partial charge < -0.3 is 15.6 Å². The number of halogens is 2. The van der Waals surface area contributed by atoms with Crippen LogP contribution in [0, 0.1) is 0 Å². The van der Waals surface area contributed by atoms with Crippen molar-refractivity contribution in [2.24, 2.45) is 0 Å². The first-order chi connectivity index (χ1) is 13.6. The molecule has 4 aromatic heterocycles. The molecule has 0 aliphatic rings. The fourth-order valence-corrected chi connectivity index (χ4v) is 3.07. The third-order valence-electron chi connectivity index (χ3n) is 4.39. The number of hydrogen-bond acceptors (Lipinski definition) is 5. The molecule has 0 saturated heterocycles. The third kappa shape index (κ3) is 3.26. The maximum Gasteiger partial charge on any atom is 0.255 e. The molecule has 0 amide bonds. The standard InChI is InChI=1S/C19H19F2N7/c1-3-22-19-25-8-15-14(7-24-18(15)27-19)12-4-5-28-16(6-12)13(9-26-28)11(2)23-10-17(20)21/h4-9,17,23H,2-3,10H2,1H3,(H2,22,24,25,27). The average molecular weight is 383 g/mol. The van der Waals surface area contributed by atoms with E-state index in [1.807, 2.05) is 31.5 Å². The van der Waals surface area contributed by atoms with Crippen molar-refractivity contribution in [3.8, 4) is 11.1 Å². The lowest BCUT2D eigenvalue weighted by atomic mass is 10.1. The highest BCUT2D eigenvalue weighted by molar-refractivity contribution is 5.94. The first-order valence-corrected chi connectivity index (χ1v) is 8.84. The molecule has 0 radical (unpaired) electrons. The molecule has 0 bridgehead atoms. The number of aromatic amines is 1. The summed E-state index contributed by atoms with van der Waals surface area (Å²) in [5, 5.41) is 10.9. The molecule has 4 aromatic rings. The SMILES string of the molecule is C=C(NCC(F)F)c1cnn2ccc(-c3c[nH]c4nc(NCC)ncc34)cc12. The highest BCUT2D eigenvalue weighted by Gasteiger charge is 2.13. The summed E-state index contributed by atoms with van der Waals surface area (Å²) in [7, 11) is 0. The number of nitrogens with one attached hydrogen (secondary N) is 3. The van der Waals surface area contributed by atoms with Gasteiger partial charge in [-0.15, -0.1) is 0 Å². The first-order valence-electron chi connectivity index (χ1n) is 8.84. The highest BCUT2D eigenvalue weighted by atomic mass is 19.3. The van der Waals surface area contributed by atoms with Gasteiger partial charge in [0.15, 0.2) is 0 Å². The van der Waals surface area contributed by atoms with Crippen molar-refractivity contribution in [1.29, 1.82) is 0 Å². The van der Waals surface area contributed by atoms with Crippen LogP contribution < -0.4 is 10.6 Å². The quantitative estimate of drug-likeness (QED) is 0.455.